The van der Waals surface area contributed by atoms with Gasteiger partial charge in [0.25, 0.3) is 0 Å². The van der Waals surface area contributed by atoms with Crippen molar-refractivity contribution in [2.24, 2.45) is 0 Å². The second kappa shape index (κ2) is 9.46. The van der Waals surface area contributed by atoms with E-state index in [1.54, 1.807) is 0 Å². The number of hydrogen-bond acceptors (Lipinski definition) is 3. The lowest BCUT2D eigenvalue weighted by Gasteiger charge is -2.15. The number of nitrogens with zero attached hydrogens (tertiary/aromatic N) is 3. The van der Waals surface area contributed by atoms with Gasteiger partial charge >= 0.3 is 0 Å². The first-order valence-electron chi connectivity index (χ1n) is 15.3. The fourth-order valence-corrected chi connectivity index (χ4v) is 8.70. The molecule has 3 heterocycles. The van der Waals surface area contributed by atoms with E-state index in [0.717, 1.165) is 22.3 Å². The topological polar surface area (TPSA) is 30.7 Å². The van der Waals surface area contributed by atoms with Crippen molar-refractivity contribution >= 4 is 53.3 Å². The van der Waals surface area contributed by atoms with E-state index in [1.165, 1.54) is 58.8 Å². The van der Waals surface area contributed by atoms with Crippen molar-refractivity contribution in [3.05, 3.63) is 162 Å². The van der Waals surface area contributed by atoms with Crippen LogP contribution in [0.25, 0.3) is 70.3 Å². The van der Waals surface area contributed by atoms with Crippen LogP contribution in [0.1, 0.15) is 22.6 Å². The number of thiophene rings is 1. The summed E-state index contributed by atoms with van der Waals surface area (Å²) in [5.74, 6) is 0.877. The maximum absolute atomic E-state index is 5.24. The van der Waals surface area contributed by atoms with Crippen molar-refractivity contribution in [3.63, 3.8) is 0 Å². The van der Waals surface area contributed by atoms with E-state index in [-0.39, 0.29) is 5.92 Å². The van der Waals surface area contributed by atoms with Crippen LogP contribution in [-0.2, 0) is 0 Å². The zero-order chi connectivity index (χ0) is 29.5. The zero-order valence-electron chi connectivity index (χ0n) is 24.2. The second-order valence-corrected chi connectivity index (χ2v) is 12.8. The summed E-state index contributed by atoms with van der Waals surface area (Å²) in [5, 5.41) is 5.09. The second-order valence-electron chi connectivity index (χ2n) is 11.8. The van der Waals surface area contributed by atoms with Crippen LogP contribution in [0.3, 0.4) is 0 Å². The summed E-state index contributed by atoms with van der Waals surface area (Å²) < 4.78 is 4.85. The van der Waals surface area contributed by atoms with Gasteiger partial charge in [0.1, 0.15) is 0 Å². The Hall–Kier alpha value is -5.58. The number of rotatable bonds is 3. The van der Waals surface area contributed by atoms with E-state index in [4.69, 9.17) is 9.97 Å². The van der Waals surface area contributed by atoms with Gasteiger partial charge in [0.05, 0.1) is 16.7 Å². The average molecular weight is 592 g/mol. The standard InChI is InChI=1S/C41H25N3S/c1-2-10-25(11-3-1)38-30-14-5-4-12-27(30)28-19-18-26(24-33(28)38)34-22-23-42-41(43-34)44-35-16-8-6-15-32(35)39-36(44)21-20-31-29-13-7-9-17-37(29)45-40(31)39/h1-24,38H. The fourth-order valence-electron chi connectivity index (χ4n) is 7.44. The van der Waals surface area contributed by atoms with E-state index in [1.807, 2.05) is 23.6 Å². The van der Waals surface area contributed by atoms with Gasteiger partial charge in [0.2, 0.25) is 5.95 Å². The quantitative estimate of drug-likeness (QED) is 0.205. The molecule has 0 aliphatic heterocycles. The molecule has 0 radical (unpaired) electrons. The Morgan fingerprint density at radius 2 is 1.36 bits per heavy atom. The Bertz CT molecular complexity index is 2610. The van der Waals surface area contributed by atoms with Crippen LogP contribution in [0.2, 0.25) is 0 Å². The lowest BCUT2D eigenvalue weighted by Crippen LogP contribution is -2.02. The highest BCUT2D eigenvalue weighted by molar-refractivity contribution is 7.26. The molecular weight excluding hydrogens is 567 g/mol. The molecule has 6 aromatic carbocycles. The molecule has 3 nitrogen and oxygen atoms in total. The Labute approximate surface area is 263 Å². The smallest absolute Gasteiger partial charge is 0.235 e. The Balaban J connectivity index is 1.17. The molecule has 0 amide bonds. The summed E-state index contributed by atoms with van der Waals surface area (Å²) in [5.41, 5.74) is 10.9. The first-order valence-corrected chi connectivity index (χ1v) is 16.1. The summed E-state index contributed by atoms with van der Waals surface area (Å²) in [6, 6.07) is 50.3. The van der Waals surface area contributed by atoms with Crippen molar-refractivity contribution in [2.45, 2.75) is 5.92 Å². The molecule has 1 unspecified atom stereocenters. The monoisotopic (exact) mass is 591 g/mol. The van der Waals surface area contributed by atoms with Crippen LogP contribution in [0.5, 0.6) is 0 Å². The predicted molar refractivity (Wildman–Crippen MR) is 188 cm³/mol. The molecule has 1 aliphatic carbocycles. The van der Waals surface area contributed by atoms with Gasteiger partial charge in [-0.25, -0.2) is 9.97 Å². The van der Waals surface area contributed by atoms with Gasteiger partial charge in [-0.05, 0) is 58.1 Å². The summed E-state index contributed by atoms with van der Waals surface area (Å²) >= 11 is 1.86. The molecular formula is C41H25N3S. The van der Waals surface area contributed by atoms with Crippen molar-refractivity contribution in [1.29, 1.82) is 0 Å². The highest BCUT2D eigenvalue weighted by Crippen LogP contribution is 2.49. The molecule has 3 aromatic heterocycles. The Morgan fingerprint density at radius 1 is 0.578 bits per heavy atom. The molecule has 1 aliphatic rings. The molecule has 210 valence electrons. The lowest BCUT2D eigenvalue weighted by atomic mass is 9.88. The van der Waals surface area contributed by atoms with Crippen molar-refractivity contribution in [2.75, 3.05) is 0 Å². The molecule has 0 N–H and O–H groups in total. The Morgan fingerprint density at radius 3 is 2.29 bits per heavy atom. The molecule has 0 spiro atoms. The first kappa shape index (κ1) is 24.8. The fraction of sp³-hybridized carbons (Fsp3) is 0.0244. The van der Waals surface area contributed by atoms with Gasteiger partial charge in [-0.15, -0.1) is 11.3 Å². The van der Waals surface area contributed by atoms with Crippen molar-refractivity contribution in [1.82, 2.24) is 14.5 Å². The molecule has 45 heavy (non-hydrogen) atoms. The van der Waals surface area contributed by atoms with Gasteiger partial charge in [-0.1, -0.05) is 109 Å². The number of benzene rings is 6. The van der Waals surface area contributed by atoms with E-state index >= 15 is 0 Å². The summed E-state index contributed by atoms with van der Waals surface area (Å²) in [7, 11) is 0. The summed E-state index contributed by atoms with van der Waals surface area (Å²) in [4.78, 5) is 10.1. The summed E-state index contributed by atoms with van der Waals surface area (Å²) in [6.07, 6.45) is 1.90. The lowest BCUT2D eigenvalue weighted by molar-refractivity contribution is 0.990. The van der Waals surface area contributed by atoms with E-state index in [2.05, 4.69) is 138 Å². The third-order valence-corrected chi connectivity index (χ3v) is 10.6. The SMILES string of the molecule is c1ccc(C2c3ccccc3-c3ccc(-c4ccnc(-n5c6ccccc6c6c7sc8ccccc8c7ccc65)n4)cc32)cc1. The van der Waals surface area contributed by atoms with Crippen molar-refractivity contribution < 1.29 is 0 Å². The average Bonchev–Trinajstić information content (AvgIpc) is 3.76. The minimum atomic E-state index is 0.194. The van der Waals surface area contributed by atoms with Crippen LogP contribution >= 0.6 is 11.3 Å². The molecule has 0 fully saturated rings. The van der Waals surface area contributed by atoms with E-state index in [9.17, 15) is 0 Å². The van der Waals surface area contributed by atoms with Crippen LogP contribution < -0.4 is 0 Å². The highest BCUT2D eigenvalue weighted by Gasteiger charge is 2.30. The van der Waals surface area contributed by atoms with Gasteiger partial charge < -0.3 is 0 Å². The van der Waals surface area contributed by atoms with Gasteiger partial charge in [-0.3, -0.25) is 4.57 Å². The molecule has 0 saturated heterocycles. The van der Waals surface area contributed by atoms with Gasteiger partial charge in [-0.2, -0.15) is 0 Å². The molecule has 10 rings (SSSR count). The minimum absolute atomic E-state index is 0.194. The largest absolute Gasteiger partial charge is 0.278 e. The van der Waals surface area contributed by atoms with Crippen molar-refractivity contribution in [3.8, 4) is 28.3 Å². The van der Waals surface area contributed by atoms with E-state index in [0.29, 0.717) is 5.95 Å². The number of aromatic nitrogens is 3. The number of hydrogen-bond donors (Lipinski definition) is 0. The minimum Gasteiger partial charge on any atom is -0.278 e. The molecule has 9 aromatic rings. The molecule has 0 bridgehead atoms. The normalized spacial score (nSPS) is 14.0. The maximum atomic E-state index is 5.24. The molecule has 4 heteroatoms. The van der Waals surface area contributed by atoms with E-state index < -0.39 is 0 Å². The number of fused-ring (bicyclic) bond motifs is 10. The predicted octanol–water partition coefficient (Wildman–Crippen LogP) is 10.8. The van der Waals surface area contributed by atoms with Crippen LogP contribution in [0.4, 0.5) is 0 Å². The first-order chi connectivity index (χ1) is 22.3. The third-order valence-electron chi connectivity index (χ3n) is 9.38. The zero-order valence-corrected chi connectivity index (χ0v) is 25.0. The van der Waals surface area contributed by atoms with Gasteiger partial charge in [0, 0.05) is 48.6 Å². The highest BCUT2D eigenvalue weighted by atomic mass is 32.1. The molecule has 1 atom stereocenters. The summed E-state index contributed by atoms with van der Waals surface area (Å²) in [6.45, 7) is 0. The Kier molecular flexibility index (Phi) is 5.22. The van der Waals surface area contributed by atoms with Crippen LogP contribution in [0, 0.1) is 0 Å². The third kappa shape index (κ3) is 3.57. The molecule has 0 saturated carbocycles. The van der Waals surface area contributed by atoms with Crippen LogP contribution in [-0.4, -0.2) is 14.5 Å². The van der Waals surface area contributed by atoms with Gasteiger partial charge in [0.15, 0.2) is 0 Å². The number of para-hydroxylation sites is 1. The maximum Gasteiger partial charge on any atom is 0.235 e. The van der Waals surface area contributed by atoms with Crippen LogP contribution in [0.15, 0.2) is 146 Å².